The van der Waals surface area contributed by atoms with Gasteiger partial charge in [0.1, 0.15) is 0 Å². The van der Waals surface area contributed by atoms with Crippen LogP contribution in [0, 0.1) is 0 Å². The van der Waals surface area contributed by atoms with Gasteiger partial charge < -0.3 is 4.52 Å². The van der Waals surface area contributed by atoms with E-state index in [4.69, 9.17) is 0 Å². The van der Waals surface area contributed by atoms with Gasteiger partial charge in [-0.05, 0) is 11.8 Å². The molecule has 0 heterocycles. The molecule has 0 aromatic rings. The molecule has 0 rings (SSSR count). The van der Waals surface area contributed by atoms with E-state index in [1.165, 1.54) is 0 Å². The molecule has 0 saturated carbocycles. The standard InChI is InChI=1S/C2H6OPS/c1-3-4(2)5/h1-2H3. The van der Waals surface area contributed by atoms with E-state index in [9.17, 15) is 0 Å². The minimum atomic E-state index is -0.515. The van der Waals surface area contributed by atoms with Gasteiger partial charge in [-0.3, -0.25) is 0 Å². The van der Waals surface area contributed by atoms with Crippen LogP contribution < -0.4 is 0 Å². The van der Waals surface area contributed by atoms with Crippen molar-refractivity contribution in [2.75, 3.05) is 13.8 Å². The highest BCUT2D eigenvalue weighted by Crippen LogP contribution is 2.11. The molecule has 0 aromatic carbocycles. The van der Waals surface area contributed by atoms with Gasteiger partial charge in [-0.25, -0.2) is 0 Å². The molecule has 0 aliphatic carbocycles. The second-order valence-electron chi connectivity index (χ2n) is 0.622. The Morgan fingerprint density at radius 3 is 2.00 bits per heavy atom. The van der Waals surface area contributed by atoms with E-state index in [2.05, 4.69) is 16.3 Å². The van der Waals surface area contributed by atoms with Gasteiger partial charge in [0.15, 0.2) is 0 Å². The van der Waals surface area contributed by atoms with Gasteiger partial charge in [0.05, 0.1) is 0 Å². The van der Waals surface area contributed by atoms with E-state index < -0.39 is 6.92 Å². The summed E-state index contributed by atoms with van der Waals surface area (Å²) in [6.45, 7) is 1.36. The van der Waals surface area contributed by atoms with Gasteiger partial charge in [-0.1, -0.05) is 0 Å². The first kappa shape index (κ1) is 5.48. The minimum Gasteiger partial charge on any atom is -0.329 e. The van der Waals surface area contributed by atoms with Gasteiger partial charge in [-0.15, -0.1) is 0 Å². The van der Waals surface area contributed by atoms with E-state index in [0.717, 1.165) is 0 Å². The Hall–Kier alpha value is 0.480. The topological polar surface area (TPSA) is 9.23 Å². The maximum Gasteiger partial charge on any atom is 0.0480 e. The Morgan fingerprint density at radius 1 is 1.80 bits per heavy atom. The van der Waals surface area contributed by atoms with Crippen molar-refractivity contribution in [3.63, 3.8) is 0 Å². The summed E-state index contributed by atoms with van der Waals surface area (Å²) in [6.07, 6.45) is 0. The molecule has 0 aliphatic rings. The fourth-order valence-electron chi connectivity index (χ4n) is 0. The van der Waals surface area contributed by atoms with Crippen molar-refractivity contribution >= 4 is 18.7 Å². The van der Waals surface area contributed by atoms with Gasteiger partial charge in [0.25, 0.3) is 0 Å². The smallest absolute Gasteiger partial charge is 0.0480 e. The summed E-state index contributed by atoms with van der Waals surface area (Å²) in [5, 5.41) is 0. The summed E-state index contributed by atoms with van der Waals surface area (Å²) in [5.41, 5.74) is 0. The van der Waals surface area contributed by atoms with E-state index in [1.54, 1.807) is 7.11 Å². The fourth-order valence-corrected chi connectivity index (χ4v) is 0. The summed E-state index contributed by atoms with van der Waals surface area (Å²) in [4.78, 5) is 0. The van der Waals surface area contributed by atoms with Crippen molar-refractivity contribution in [2.45, 2.75) is 0 Å². The zero-order valence-corrected chi connectivity index (χ0v) is 4.97. The Balaban J connectivity index is 2.85. The van der Waals surface area contributed by atoms with E-state index in [-0.39, 0.29) is 0 Å². The highest BCUT2D eigenvalue weighted by molar-refractivity contribution is 8.02. The SMILES string of the molecule is CO[P](C)=S. The third kappa shape index (κ3) is 4.48. The zero-order valence-electron chi connectivity index (χ0n) is 3.26. The predicted molar refractivity (Wildman–Crippen MR) is 27.2 cm³/mol. The first-order valence-electron chi connectivity index (χ1n) is 1.22. The first-order valence-corrected chi connectivity index (χ1v) is 3.94. The van der Waals surface area contributed by atoms with Crippen LogP contribution in [0.3, 0.4) is 0 Å². The minimum absolute atomic E-state index is 0.515. The van der Waals surface area contributed by atoms with Crippen LogP contribution in [0.5, 0.6) is 0 Å². The van der Waals surface area contributed by atoms with E-state index >= 15 is 0 Å². The highest BCUT2D eigenvalue weighted by atomic mass is 32.4. The number of rotatable bonds is 1. The summed E-state index contributed by atoms with van der Waals surface area (Å²) < 4.78 is 4.63. The van der Waals surface area contributed by atoms with Crippen molar-refractivity contribution in [1.29, 1.82) is 0 Å². The second-order valence-corrected chi connectivity index (χ2v) is 3.41. The average molecular weight is 109 g/mol. The maximum atomic E-state index is 4.63. The molecule has 0 amide bonds. The van der Waals surface area contributed by atoms with Crippen LogP contribution in [0.2, 0.25) is 0 Å². The Bertz CT molecular complexity index is 44.9. The van der Waals surface area contributed by atoms with E-state index in [0.29, 0.717) is 0 Å². The number of hydrogen-bond donors (Lipinski definition) is 0. The number of hydrogen-bond acceptors (Lipinski definition) is 2. The summed E-state index contributed by atoms with van der Waals surface area (Å²) >= 11 is 4.62. The van der Waals surface area contributed by atoms with Crippen molar-refractivity contribution in [3.8, 4) is 0 Å². The summed E-state index contributed by atoms with van der Waals surface area (Å²) in [6, 6.07) is 0. The van der Waals surface area contributed by atoms with Gasteiger partial charge in [0, 0.05) is 20.7 Å². The molecule has 5 heavy (non-hydrogen) atoms. The summed E-state index contributed by atoms with van der Waals surface area (Å²) in [7, 11) is 1.62. The third-order valence-corrected chi connectivity index (χ3v) is 1.22. The largest absolute Gasteiger partial charge is 0.329 e. The lowest BCUT2D eigenvalue weighted by atomic mass is 11.8. The Morgan fingerprint density at radius 2 is 2.00 bits per heavy atom. The molecule has 0 bridgehead atoms. The molecular formula is C2H6OPS. The molecule has 0 aliphatic heterocycles. The quantitative estimate of drug-likeness (QED) is 0.466. The van der Waals surface area contributed by atoms with Crippen LogP contribution >= 0.6 is 6.92 Å². The van der Waals surface area contributed by atoms with Crippen molar-refractivity contribution < 1.29 is 4.52 Å². The van der Waals surface area contributed by atoms with Crippen LogP contribution in [0.1, 0.15) is 0 Å². The molecule has 1 unspecified atom stereocenters. The normalized spacial score (nSPS) is 11.2. The molecular weight excluding hydrogens is 103 g/mol. The summed E-state index contributed by atoms with van der Waals surface area (Å²) in [5.74, 6) is 0. The first-order chi connectivity index (χ1) is 2.27. The molecule has 31 valence electrons. The van der Waals surface area contributed by atoms with Crippen LogP contribution in [0.25, 0.3) is 0 Å². The van der Waals surface area contributed by atoms with Gasteiger partial charge in [-0.2, -0.15) is 0 Å². The van der Waals surface area contributed by atoms with Crippen LogP contribution in [-0.2, 0) is 16.3 Å². The molecule has 0 fully saturated rings. The van der Waals surface area contributed by atoms with Crippen LogP contribution in [0.15, 0.2) is 0 Å². The molecule has 0 aromatic heterocycles. The Labute approximate surface area is 37.8 Å². The lowest BCUT2D eigenvalue weighted by molar-refractivity contribution is 0.477. The van der Waals surface area contributed by atoms with Crippen LogP contribution in [-0.4, -0.2) is 13.8 Å². The fraction of sp³-hybridized carbons (Fsp3) is 1.00. The molecule has 1 nitrogen and oxygen atoms in total. The highest BCUT2D eigenvalue weighted by Gasteiger charge is 1.67. The molecule has 1 atom stereocenters. The van der Waals surface area contributed by atoms with Crippen molar-refractivity contribution in [3.05, 3.63) is 0 Å². The molecule has 1 radical (unpaired) electrons. The monoisotopic (exact) mass is 109 g/mol. The molecule has 0 saturated heterocycles. The lowest BCUT2D eigenvalue weighted by Gasteiger charge is -1.82. The van der Waals surface area contributed by atoms with E-state index in [1.807, 2.05) is 6.66 Å². The Kier molecular flexibility index (Phi) is 2.96. The van der Waals surface area contributed by atoms with Crippen LogP contribution in [0.4, 0.5) is 0 Å². The maximum absolute atomic E-state index is 4.63. The van der Waals surface area contributed by atoms with Gasteiger partial charge >= 0.3 is 0 Å². The zero-order chi connectivity index (χ0) is 4.28. The second kappa shape index (κ2) is 2.70. The van der Waals surface area contributed by atoms with Crippen molar-refractivity contribution in [1.82, 2.24) is 0 Å². The molecule has 3 heteroatoms. The average Bonchev–Trinajstić information content (AvgIpc) is 1.38. The predicted octanol–water partition coefficient (Wildman–Crippen LogP) is 1.12. The third-order valence-electron chi connectivity index (χ3n) is 0.257. The van der Waals surface area contributed by atoms with Crippen molar-refractivity contribution in [2.24, 2.45) is 0 Å². The molecule has 0 spiro atoms. The molecule has 0 N–H and O–H groups in total. The van der Waals surface area contributed by atoms with Gasteiger partial charge in [0.2, 0.25) is 0 Å². The lowest BCUT2D eigenvalue weighted by Crippen LogP contribution is -1.55.